The topological polar surface area (TPSA) is 141 Å². The summed E-state index contributed by atoms with van der Waals surface area (Å²) < 4.78 is 19.3. The monoisotopic (exact) mass is 618 g/mol. The molecule has 2 atom stereocenters. The van der Waals surface area contributed by atoms with Crippen LogP contribution in [0.15, 0.2) is 16.4 Å². The van der Waals surface area contributed by atoms with Crippen molar-refractivity contribution in [1.29, 1.82) is 0 Å². The molecule has 2 aromatic heterocycles. The zero-order chi connectivity index (χ0) is 31.2. The molecule has 1 N–H and O–H groups in total. The number of ketones is 1. The molecule has 238 valence electrons. The van der Waals surface area contributed by atoms with Gasteiger partial charge in [0, 0.05) is 13.0 Å². The van der Waals surface area contributed by atoms with E-state index in [1.54, 1.807) is 15.8 Å². The first-order valence-electron chi connectivity index (χ1n) is 15.4. The lowest BCUT2D eigenvalue weighted by Crippen LogP contribution is -2.46. The SMILES string of the molecule is CCCCC(C(=O)C1(CCCC)OCCO1)/C(=N/O)c1nc(SC)c2cnn(CC3CCCN3C(=O)OC(C)(C)C)c2n1. The Hall–Kier alpha value is -2.77. The lowest BCUT2D eigenvalue weighted by molar-refractivity contribution is -0.185. The summed E-state index contributed by atoms with van der Waals surface area (Å²) >= 11 is 1.42. The van der Waals surface area contributed by atoms with Crippen molar-refractivity contribution >= 4 is 40.4 Å². The van der Waals surface area contributed by atoms with Gasteiger partial charge in [0.25, 0.3) is 0 Å². The van der Waals surface area contributed by atoms with Crippen molar-refractivity contribution in [3.63, 3.8) is 0 Å². The van der Waals surface area contributed by atoms with Gasteiger partial charge in [-0.05, 0) is 52.7 Å². The van der Waals surface area contributed by atoms with E-state index >= 15 is 0 Å². The number of amides is 1. The fourth-order valence-electron chi connectivity index (χ4n) is 5.73. The molecule has 0 aliphatic carbocycles. The van der Waals surface area contributed by atoms with Crippen LogP contribution in [0.4, 0.5) is 4.79 Å². The second-order valence-corrected chi connectivity index (χ2v) is 13.0. The van der Waals surface area contributed by atoms with Crippen LogP contribution in [0.3, 0.4) is 0 Å². The van der Waals surface area contributed by atoms with Crippen molar-refractivity contribution < 1.29 is 29.0 Å². The Morgan fingerprint density at radius 2 is 1.93 bits per heavy atom. The highest BCUT2D eigenvalue weighted by molar-refractivity contribution is 7.98. The maximum absolute atomic E-state index is 14.1. The van der Waals surface area contributed by atoms with Crippen LogP contribution in [-0.4, -0.2) is 90.9 Å². The number of ether oxygens (including phenoxy) is 3. The van der Waals surface area contributed by atoms with Gasteiger partial charge in [0.15, 0.2) is 11.5 Å². The highest BCUT2D eigenvalue weighted by Gasteiger charge is 2.48. The number of Topliss-reactive ketones (excluding diaryl/α,β-unsaturated/α-hetero) is 1. The first kappa shape index (κ1) is 33.1. The number of aromatic nitrogens is 4. The Labute approximate surface area is 257 Å². The van der Waals surface area contributed by atoms with Gasteiger partial charge in [0.2, 0.25) is 11.6 Å². The molecule has 0 bridgehead atoms. The number of carbonyl (C=O) groups excluding carboxylic acids is 2. The third kappa shape index (κ3) is 7.49. The Morgan fingerprint density at radius 3 is 2.56 bits per heavy atom. The molecule has 13 heteroatoms. The molecule has 2 fully saturated rings. The second kappa shape index (κ2) is 14.3. The number of nitrogens with zero attached hydrogens (tertiary/aromatic N) is 6. The molecule has 12 nitrogen and oxygen atoms in total. The summed E-state index contributed by atoms with van der Waals surface area (Å²) in [5.74, 6) is -2.29. The van der Waals surface area contributed by atoms with Crippen molar-refractivity contribution in [3.05, 3.63) is 12.0 Å². The van der Waals surface area contributed by atoms with Crippen molar-refractivity contribution in [3.8, 4) is 0 Å². The van der Waals surface area contributed by atoms with Crippen LogP contribution in [-0.2, 0) is 25.5 Å². The van der Waals surface area contributed by atoms with Gasteiger partial charge in [-0.15, -0.1) is 11.8 Å². The smallest absolute Gasteiger partial charge is 0.410 e. The van der Waals surface area contributed by atoms with Gasteiger partial charge in [-0.2, -0.15) is 5.10 Å². The summed E-state index contributed by atoms with van der Waals surface area (Å²) in [5, 5.41) is 20.0. The summed E-state index contributed by atoms with van der Waals surface area (Å²) in [4.78, 5) is 38.4. The predicted octanol–water partition coefficient (Wildman–Crippen LogP) is 5.43. The van der Waals surface area contributed by atoms with E-state index in [1.165, 1.54) is 11.8 Å². The van der Waals surface area contributed by atoms with Crippen LogP contribution in [0.1, 0.15) is 91.8 Å². The molecule has 2 saturated heterocycles. The van der Waals surface area contributed by atoms with Crippen LogP contribution >= 0.6 is 11.8 Å². The summed E-state index contributed by atoms with van der Waals surface area (Å²) in [5.41, 5.74) is 0.0462. The van der Waals surface area contributed by atoms with Crippen molar-refractivity contribution in [1.82, 2.24) is 24.6 Å². The van der Waals surface area contributed by atoms with Crippen LogP contribution in [0, 0.1) is 5.92 Å². The second-order valence-electron chi connectivity index (χ2n) is 12.2. The fourth-order valence-corrected chi connectivity index (χ4v) is 6.27. The average molecular weight is 619 g/mol. The molecule has 0 saturated carbocycles. The third-order valence-electron chi connectivity index (χ3n) is 7.86. The number of oxime groups is 1. The van der Waals surface area contributed by atoms with Crippen LogP contribution < -0.4 is 0 Å². The number of likely N-dealkylation sites (tertiary alicyclic amines) is 1. The normalized spacial score (nSPS) is 19.7. The Bertz CT molecular complexity index is 1300. The average Bonchev–Trinajstić information content (AvgIpc) is 3.74. The minimum Gasteiger partial charge on any atom is -0.444 e. The maximum Gasteiger partial charge on any atom is 0.410 e. The predicted molar refractivity (Wildman–Crippen MR) is 164 cm³/mol. The minimum atomic E-state index is -1.37. The molecule has 2 aliphatic heterocycles. The number of thioether (sulfide) groups is 1. The van der Waals surface area contributed by atoms with Crippen LogP contribution in [0.2, 0.25) is 0 Å². The molecule has 4 heterocycles. The van der Waals surface area contributed by atoms with Crippen LogP contribution in [0.5, 0.6) is 0 Å². The quantitative estimate of drug-likeness (QED) is 0.101. The van der Waals surface area contributed by atoms with E-state index in [0.29, 0.717) is 49.8 Å². The Balaban J connectivity index is 1.70. The molecule has 4 rings (SSSR count). The van der Waals surface area contributed by atoms with Gasteiger partial charge in [-0.3, -0.25) is 4.79 Å². The van der Waals surface area contributed by atoms with Crippen molar-refractivity contribution in [2.24, 2.45) is 11.1 Å². The number of unbranched alkanes of at least 4 members (excludes halogenated alkanes) is 2. The highest BCUT2D eigenvalue weighted by atomic mass is 32.2. The van der Waals surface area contributed by atoms with E-state index in [0.717, 1.165) is 43.9 Å². The van der Waals surface area contributed by atoms with Gasteiger partial charge in [0.1, 0.15) is 16.3 Å². The Kier molecular flexibility index (Phi) is 11.0. The standard InChI is InChI=1S/C30H46N6O6S/c1-7-9-13-21(24(37)30(14-10-8-2)40-16-17-41-30)23(34-39)25-32-26-22(27(33-25)43-6)18-31-36(26)19-20-12-11-15-35(20)28(38)42-29(3,4)5/h18,20-21,39H,7-17,19H2,1-6H3/b34-23-. The molecule has 0 aromatic carbocycles. The van der Waals surface area contributed by atoms with Gasteiger partial charge in [0.05, 0.1) is 43.3 Å². The van der Waals surface area contributed by atoms with E-state index in [2.05, 4.69) is 17.2 Å². The first-order chi connectivity index (χ1) is 20.6. The number of hydrogen-bond acceptors (Lipinski definition) is 11. The number of hydrogen-bond donors (Lipinski definition) is 1. The zero-order valence-electron chi connectivity index (χ0n) is 26.3. The largest absolute Gasteiger partial charge is 0.444 e. The lowest BCUT2D eigenvalue weighted by Gasteiger charge is -2.30. The van der Waals surface area contributed by atoms with E-state index in [-0.39, 0.29) is 29.5 Å². The number of fused-ring (bicyclic) bond motifs is 1. The van der Waals surface area contributed by atoms with Gasteiger partial charge in [-0.25, -0.2) is 19.4 Å². The highest BCUT2D eigenvalue weighted by Crippen LogP contribution is 2.34. The molecule has 1 amide bonds. The van der Waals surface area contributed by atoms with E-state index in [4.69, 9.17) is 24.2 Å². The van der Waals surface area contributed by atoms with E-state index in [1.807, 2.05) is 34.0 Å². The summed E-state index contributed by atoms with van der Waals surface area (Å²) in [6.07, 6.45) is 9.06. The fraction of sp³-hybridized carbons (Fsp3) is 0.733. The maximum atomic E-state index is 14.1. The molecule has 2 aromatic rings. The summed E-state index contributed by atoms with van der Waals surface area (Å²) in [6, 6.07) is -0.117. The van der Waals surface area contributed by atoms with Crippen molar-refractivity contribution in [2.45, 2.75) is 115 Å². The van der Waals surface area contributed by atoms with Crippen LogP contribution in [0.25, 0.3) is 11.0 Å². The third-order valence-corrected chi connectivity index (χ3v) is 8.56. The molecule has 2 unspecified atom stereocenters. The van der Waals surface area contributed by atoms with E-state index < -0.39 is 17.3 Å². The molecule has 0 spiro atoms. The summed E-state index contributed by atoms with van der Waals surface area (Å²) in [7, 11) is 0. The molecule has 43 heavy (non-hydrogen) atoms. The number of carbonyl (C=O) groups is 2. The van der Waals surface area contributed by atoms with E-state index in [9.17, 15) is 14.8 Å². The Morgan fingerprint density at radius 1 is 1.21 bits per heavy atom. The molecular formula is C30H46N6O6S. The number of rotatable bonds is 13. The summed E-state index contributed by atoms with van der Waals surface area (Å²) in [6.45, 7) is 11.4. The van der Waals surface area contributed by atoms with Gasteiger partial charge >= 0.3 is 6.09 Å². The van der Waals surface area contributed by atoms with Gasteiger partial charge in [-0.1, -0.05) is 38.3 Å². The molecular weight excluding hydrogens is 572 g/mol. The molecule has 0 radical (unpaired) electrons. The van der Waals surface area contributed by atoms with Crippen molar-refractivity contribution in [2.75, 3.05) is 26.0 Å². The zero-order valence-corrected chi connectivity index (χ0v) is 27.1. The first-order valence-corrected chi connectivity index (χ1v) is 16.6. The molecule has 2 aliphatic rings. The minimum absolute atomic E-state index is 0.0922. The lowest BCUT2D eigenvalue weighted by atomic mass is 9.85. The van der Waals surface area contributed by atoms with Gasteiger partial charge < -0.3 is 24.3 Å².